The Hall–Kier alpha value is -0.0800. The van der Waals surface area contributed by atoms with Gasteiger partial charge < -0.3 is 10.8 Å². The standard InChI is InChI=1S/C8H19NO/c1-3-5-6-7(4-2)8(9)10/h7-8,10H,3-6,9H2,1-2H3. The molecule has 0 amide bonds. The van der Waals surface area contributed by atoms with Crippen LogP contribution in [0.3, 0.4) is 0 Å². The molecular formula is C8H19NO. The first kappa shape index (κ1) is 9.92. The lowest BCUT2D eigenvalue weighted by Gasteiger charge is -2.16. The van der Waals surface area contributed by atoms with E-state index < -0.39 is 6.23 Å². The van der Waals surface area contributed by atoms with E-state index in [1.165, 1.54) is 12.8 Å². The summed E-state index contributed by atoms with van der Waals surface area (Å²) in [5.74, 6) is 0.306. The van der Waals surface area contributed by atoms with Gasteiger partial charge in [0.15, 0.2) is 0 Å². The Labute approximate surface area is 63.4 Å². The average Bonchev–Trinajstić information content (AvgIpc) is 1.89. The fourth-order valence-corrected chi connectivity index (χ4v) is 1.08. The second kappa shape index (κ2) is 5.69. The van der Waals surface area contributed by atoms with Crippen LogP contribution in [-0.2, 0) is 0 Å². The SMILES string of the molecule is CCCCC(CC)C(N)O. The molecule has 2 atom stereocenters. The molecule has 3 N–H and O–H groups in total. The van der Waals surface area contributed by atoms with Gasteiger partial charge in [0.05, 0.1) is 0 Å². The Bertz CT molecular complexity index is 73.7. The van der Waals surface area contributed by atoms with Gasteiger partial charge in [0.25, 0.3) is 0 Å². The predicted molar refractivity (Wildman–Crippen MR) is 43.5 cm³/mol. The van der Waals surface area contributed by atoms with Crippen molar-refractivity contribution in [1.29, 1.82) is 0 Å². The van der Waals surface area contributed by atoms with Gasteiger partial charge in [0.2, 0.25) is 0 Å². The highest BCUT2D eigenvalue weighted by atomic mass is 16.3. The summed E-state index contributed by atoms with van der Waals surface area (Å²) in [5.41, 5.74) is 5.34. The molecule has 0 saturated heterocycles. The molecule has 0 fully saturated rings. The topological polar surface area (TPSA) is 46.2 Å². The molecule has 0 aliphatic rings. The van der Waals surface area contributed by atoms with Gasteiger partial charge in [-0.1, -0.05) is 26.7 Å². The molecule has 0 aliphatic heterocycles. The molecule has 2 unspecified atom stereocenters. The summed E-state index contributed by atoms with van der Waals surface area (Å²) < 4.78 is 0. The quantitative estimate of drug-likeness (QED) is 0.576. The number of nitrogens with two attached hydrogens (primary N) is 1. The monoisotopic (exact) mass is 145 g/mol. The number of aliphatic hydroxyl groups excluding tert-OH is 1. The highest BCUT2D eigenvalue weighted by Crippen LogP contribution is 2.13. The lowest BCUT2D eigenvalue weighted by Crippen LogP contribution is -2.28. The normalized spacial score (nSPS) is 16.8. The lowest BCUT2D eigenvalue weighted by molar-refractivity contribution is 0.105. The molecule has 0 aromatic heterocycles. The van der Waals surface area contributed by atoms with Crippen molar-refractivity contribution in [1.82, 2.24) is 0 Å². The van der Waals surface area contributed by atoms with Gasteiger partial charge in [-0.3, -0.25) is 0 Å². The van der Waals surface area contributed by atoms with Crippen LogP contribution in [-0.4, -0.2) is 11.3 Å². The number of hydrogen-bond donors (Lipinski definition) is 2. The van der Waals surface area contributed by atoms with Crippen LogP contribution in [0.5, 0.6) is 0 Å². The van der Waals surface area contributed by atoms with Gasteiger partial charge >= 0.3 is 0 Å². The van der Waals surface area contributed by atoms with Gasteiger partial charge in [-0.25, -0.2) is 0 Å². The second-order valence-electron chi connectivity index (χ2n) is 2.80. The van der Waals surface area contributed by atoms with E-state index in [0.717, 1.165) is 12.8 Å². The molecule has 0 aliphatic carbocycles. The summed E-state index contributed by atoms with van der Waals surface area (Å²) in [7, 11) is 0. The summed E-state index contributed by atoms with van der Waals surface area (Å²) >= 11 is 0. The zero-order valence-electron chi connectivity index (χ0n) is 7.01. The maximum absolute atomic E-state index is 9.02. The number of unbranched alkanes of at least 4 members (excludes halogenated alkanes) is 1. The number of rotatable bonds is 5. The lowest BCUT2D eigenvalue weighted by atomic mass is 9.98. The van der Waals surface area contributed by atoms with Gasteiger partial charge in [-0.2, -0.15) is 0 Å². The first-order valence-electron chi connectivity index (χ1n) is 4.16. The van der Waals surface area contributed by atoms with Crippen molar-refractivity contribution in [2.45, 2.75) is 45.8 Å². The molecule has 0 spiro atoms. The fraction of sp³-hybridized carbons (Fsp3) is 1.00. The Balaban J connectivity index is 3.40. The summed E-state index contributed by atoms with van der Waals surface area (Å²) in [5, 5.41) is 9.02. The number of hydrogen-bond acceptors (Lipinski definition) is 2. The van der Waals surface area contributed by atoms with Crippen LogP contribution in [0.2, 0.25) is 0 Å². The molecule has 0 heterocycles. The molecule has 0 bridgehead atoms. The van der Waals surface area contributed by atoms with Crippen LogP contribution in [0.25, 0.3) is 0 Å². The highest BCUT2D eigenvalue weighted by molar-refractivity contribution is 4.61. The molecule has 0 aromatic carbocycles. The third kappa shape index (κ3) is 3.85. The van der Waals surface area contributed by atoms with Crippen LogP contribution in [0.1, 0.15) is 39.5 Å². The molecule has 10 heavy (non-hydrogen) atoms. The molecular weight excluding hydrogens is 126 g/mol. The summed E-state index contributed by atoms with van der Waals surface area (Å²) in [6, 6.07) is 0. The largest absolute Gasteiger partial charge is 0.379 e. The van der Waals surface area contributed by atoms with E-state index in [0.29, 0.717) is 5.92 Å². The van der Waals surface area contributed by atoms with Crippen molar-refractivity contribution >= 4 is 0 Å². The Morgan fingerprint density at radius 2 is 2.00 bits per heavy atom. The first-order valence-corrected chi connectivity index (χ1v) is 4.16. The van der Waals surface area contributed by atoms with Crippen LogP contribution in [0.4, 0.5) is 0 Å². The van der Waals surface area contributed by atoms with Crippen molar-refractivity contribution in [3.8, 4) is 0 Å². The molecule has 62 valence electrons. The number of aliphatic hydroxyl groups is 1. The Morgan fingerprint density at radius 1 is 1.40 bits per heavy atom. The summed E-state index contributed by atoms with van der Waals surface area (Å²) in [4.78, 5) is 0. The van der Waals surface area contributed by atoms with E-state index in [2.05, 4.69) is 13.8 Å². The van der Waals surface area contributed by atoms with Crippen LogP contribution < -0.4 is 5.73 Å². The maximum Gasteiger partial charge on any atom is 0.105 e. The van der Waals surface area contributed by atoms with Gasteiger partial charge in [-0.15, -0.1) is 0 Å². The van der Waals surface area contributed by atoms with Crippen LogP contribution in [0, 0.1) is 5.92 Å². The second-order valence-corrected chi connectivity index (χ2v) is 2.80. The van der Waals surface area contributed by atoms with Gasteiger partial charge in [-0.05, 0) is 18.8 Å². The molecule has 0 saturated carbocycles. The average molecular weight is 145 g/mol. The third-order valence-electron chi connectivity index (χ3n) is 1.94. The highest BCUT2D eigenvalue weighted by Gasteiger charge is 2.11. The minimum Gasteiger partial charge on any atom is -0.379 e. The molecule has 2 nitrogen and oxygen atoms in total. The molecule has 2 heteroatoms. The summed E-state index contributed by atoms with van der Waals surface area (Å²) in [6.07, 6.45) is 3.79. The van der Waals surface area contributed by atoms with Crippen molar-refractivity contribution in [3.05, 3.63) is 0 Å². The van der Waals surface area contributed by atoms with Gasteiger partial charge in [0.1, 0.15) is 6.23 Å². The van der Waals surface area contributed by atoms with Crippen molar-refractivity contribution in [2.75, 3.05) is 0 Å². The van der Waals surface area contributed by atoms with Crippen molar-refractivity contribution < 1.29 is 5.11 Å². The van der Waals surface area contributed by atoms with E-state index in [-0.39, 0.29) is 0 Å². The Morgan fingerprint density at radius 3 is 2.30 bits per heavy atom. The van der Waals surface area contributed by atoms with Crippen molar-refractivity contribution in [2.24, 2.45) is 11.7 Å². The van der Waals surface area contributed by atoms with E-state index in [9.17, 15) is 0 Å². The van der Waals surface area contributed by atoms with E-state index in [1.54, 1.807) is 0 Å². The van der Waals surface area contributed by atoms with E-state index >= 15 is 0 Å². The van der Waals surface area contributed by atoms with E-state index in [4.69, 9.17) is 10.8 Å². The fourth-order valence-electron chi connectivity index (χ4n) is 1.08. The van der Waals surface area contributed by atoms with Crippen LogP contribution in [0.15, 0.2) is 0 Å². The molecule has 0 rings (SSSR count). The predicted octanol–water partition coefficient (Wildman–Crippen LogP) is 1.48. The van der Waals surface area contributed by atoms with Crippen molar-refractivity contribution in [3.63, 3.8) is 0 Å². The molecule has 0 aromatic rings. The molecule has 0 radical (unpaired) electrons. The van der Waals surface area contributed by atoms with Crippen LogP contribution >= 0.6 is 0 Å². The minimum absolute atomic E-state index is 0.306. The van der Waals surface area contributed by atoms with Gasteiger partial charge in [0, 0.05) is 0 Å². The minimum atomic E-state index is -0.614. The first-order chi connectivity index (χ1) is 4.72. The maximum atomic E-state index is 9.02. The third-order valence-corrected chi connectivity index (χ3v) is 1.94. The van der Waals surface area contributed by atoms with E-state index in [1.807, 2.05) is 0 Å². The summed E-state index contributed by atoms with van der Waals surface area (Å²) in [6.45, 7) is 4.21. The zero-order chi connectivity index (χ0) is 7.98. The Kier molecular flexibility index (Phi) is 5.64. The zero-order valence-corrected chi connectivity index (χ0v) is 7.01. The smallest absolute Gasteiger partial charge is 0.105 e.